The van der Waals surface area contributed by atoms with Crippen molar-refractivity contribution in [1.82, 2.24) is 9.62 Å². The molecule has 1 saturated heterocycles. The van der Waals surface area contributed by atoms with Gasteiger partial charge in [0.05, 0.1) is 23.7 Å². The molecule has 1 amide bonds. The number of ether oxygens (including phenoxy) is 2. The second-order valence-corrected chi connectivity index (χ2v) is 8.96. The molecule has 1 heterocycles. The third-order valence-corrected chi connectivity index (χ3v) is 6.92. The van der Waals surface area contributed by atoms with E-state index in [4.69, 9.17) is 9.47 Å². The van der Waals surface area contributed by atoms with Crippen LogP contribution in [0.25, 0.3) is 0 Å². The highest BCUT2D eigenvalue weighted by Crippen LogP contribution is 2.19. The summed E-state index contributed by atoms with van der Waals surface area (Å²) in [6, 6.07) is 5.71. The van der Waals surface area contributed by atoms with Crippen LogP contribution in [0.4, 0.5) is 0 Å². The molecular formula is C19H26N2O6S. The summed E-state index contributed by atoms with van der Waals surface area (Å²) in [4.78, 5) is 24.2. The van der Waals surface area contributed by atoms with Gasteiger partial charge in [-0.3, -0.25) is 4.79 Å². The summed E-state index contributed by atoms with van der Waals surface area (Å²) in [7, 11) is -3.61. The van der Waals surface area contributed by atoms with Gasteiger partial charge in [-0.15, -0.1) is 0 Å². The second kappa shape index (κ2) is 9.49. The highest BCUT2D eigenvalue weighted by atomic mass is 32.2. The molecule has 3 rings (SSSR count). The van der Waals surface area contributed by atoms with E-state index in [1.54, 1.807) is 0 Å². The number of carbonyl (C=O) groups excluding carboxylic acids is 2. The minimum Gasteiger partial charge on any atom is -0.452 e. The third-order valence-electron chi connectivity index (χ3n) is 5.00. The van der Waals surface area contributed by atoms with E-state index >= 15 is 0 Å². The molecule has 2 fully saturated rings. The number of morpholine rings is 1. The first kappa shape index (κ1) is 20.8. The van der Waals surface area contributed by atoms with E-state index in [0.717, 1.165) is 25.7 Å². The number of rotatable bonds is 6. The average Bonchev–Trinajstić information content (AvgIpc) is 2.73. The Bertz CT molecular complexity index is 781. The van der Waals surface area contributed by atoms with Crippen LogP contribution in [-0.4, -0.2) is 63.6 Å². The van der Waals surface area contributed by atoms with Gasteiger partial charge in [0.15, 0.2) is 6.61 Å². The second-order valence-electron chi connectivity index (χ2n) is 7.02. The predicted octanol–water partition coefficient (Wildman–Crippen LogP) is 1.31. The summed E-state index contributed by atoms with van der Waals surface area (Å²) in [6.45, 7) is 1.01. The minimum atomic E-state index is -3.61. The Labute approximate surface area is 165 Å². The quantitative estimate of drug-likeness (QED) is 0.710. The van der Waals surface area contributed by atoms with Crippen LogP contribution in [0.2, 0.25) is 0 Å². The van der Waals surface area contributed by atoms with Crippen molar-refractivity contribution in [2.75, 3.05) is 32.9 Å². The molecule has 1 saturated carbocycles. The van der Waals surface area contributed by atoms with E-state index in [-0.39, 0.29) is 29.0 Å². The smallest absolute Gasteiger partial charge is 0.338 e. The summed E-state index contributed by atoms with van der Waals surface area (Å²) >= 11 is 0. The first-order valence-electron chi connectivity index (χ1n) is 9.61. The maximum absolute atomic E-state index is 12.6. The van der Waals surface area contributed by atoms with Crippen molar-refractivity contribution in [3.05, 3.63) is 29.8 Å². The molecule has 154 valence electrons. The number of esters is 1. The molecule has 0 radical (unpaired) electrons. The van der Waals surface area contributed by atoms with E-state index < -0.39 is 16.0 Å². The van der Waals surface area contributed by atoms with Crippen molar-refractivity contribution in [2.24, 2.45) is 0 Å². The van der Waals surface area contributed by atoms with Crippen LogP contribution in [0.15, 0.2) is 29.2 Å². The molecular weight excluding hydrogens is 384 g/mol. The summed E-state index contributed by atoms with van der Waals surface area (Å²) in [6.07, 6.45) is 5.31. The van der Waals surface area contributed by atoms with Crippen molar-refractivity contribution in [2.45, 2.75) is 43.0 Å². The maximum atomic E-state index is 12.6. The molecule has 8 nitrogen and oxygen atoms in total. The highest BCUT2D eigenvalue weighted by Gasteiger charge is 2.26. The van der Waals surface area contributed by atoms with Gasteiger partial charge in [-0.25, -0.2) is 13.2 Å². The summed E-state index contributed by atoms with van der Waals surface area (Å²) in [5, 5.41) is 2.88. The monoisotopic (exact) mass is 410 g/mol. The zero-order chi connectivity index (χ0) is 20.0. The Balaban J connectivity index is 1.52. The molecule has 0 bridgehead atoms. The van der Waals surface area contributed by atoms with E-state index in [1.165, 1.54) is 35.0 Å². The molecule has 1 aromatic carbocycles. The van der Waals surface area contributed by atoms with Gasteiger partial charge in [0.2, 0.25) is 10.0 Å². The lowest BCUT2D eigenvalue weighted by Gasteiger charge is -2.26. The van der Waals surface area contributed by atoms with Crippen molar-refractivity contribution in [1.29, 1.82) is 0 Å². The van der Waals surface area contributed by atoms with Crippen LogP contribution in [0.5, 0.6) is 0 Å². The van der Waals surface area contributed by atoms with Crippen LogP contribution in [0.1, 0.15) is 42.5 Å². The van der Waals surface area contributed by atoms with Crippen LogP contribution >= 0.6 is 0 Å². The molecule has 1 N–H and O–H groups in total. The average molecular weight is 410 g/mol. The molecule has 0 unspecified atom stereocenters. The standard InChI is InChI=1S/C19H26N2O6S/c22-18(20-16-4-2-1-3-5-16)14-27-19(23)15-6-8-17(9-7-15)28(24,25)21-10-12-26-13-11-21/h6-9,16H,1-5,10-14H2,(H,20,22). The normalized spacial score (nSPS) is 19.1. The fourth-order valence-corrected chi connectivity index (χ4v) is 4.84. The summed E-state index contributed by atoms with van der Waals surface area (Å²) in [5.74, 6) is -0.971. The van der Waals surface area contributed by atoms with E-state index in [1.807, 2.05) is 0 Å². The Morgan fingerprint density at radius 3 is 2.36 bits per heavy atom. The Morgan fingerprint density at radius 2 is 1.71 bits per heavy atom. The van der Waals surface area contributed by atoms with Crippen molar-refractivity contribution in [3.8, 4) is 0 Å². The van der Waals surface area contributed by atoms with E-state index in [2.05, 4.69) is 5.32 Å². The molecule has 1 aliphatic heterocycles. The van der Waals surface area contributed by atoms with Gasteiger partial charge in [0.25, 0.3) is 5.91 Å². The fraction of sp³-hybridized carbons (Fsp3) is 0.579. The Morgan fingerprint density at radius 1 is 1.07 bits per heavy atom. The van der Waals surface area contributed by atoms with Crippen molar-refractivity contribution >= 4 is 21.9 Å². The maximum Gasteiger partial charge on any atom is 0.338 e. The molecule has 9 heteroatoms. The third kappa shape index (κ3) is 5.30. The minimum absolute atomic E-state index is 0.112. The number of nitrogens with one attached hydrogen (secondary N) is 1. The topological polar surface area (TPSA) is 102 Å². The molecule has 0 atom stereocenters. The molecule has 0 spiro atoms. The van der Waals surface area contributed by atoms with Gasteiger partial charge in [0, 0.05) is 19.1 Å². The van der Waals surface area contributed by atoms with Crippen LogP contribution in [0, 0.1) is 0 Å². The highest BCUT2D eigenvalue weighted by molar-refractivity contribution is 7.89. The van der Waals surface area contributed by atoms with Crippen molar-refractivity contribution in [3.63, 3.8) is 0 Å². The van der Waals surface area contributed by atoms with Gasteiger partial charge in [-0.1, -0.05) is 19.3 Å². The number of carbonyl (C=O) groups is 2. The lowest BCUT2D eigenvalue weighted by molar-refractivity contribution is -0.125. The number of sulfonamides is 1. The first-order chi connectivity index (χ1) is 13.5. The number of benzene rings is 1. The number of nitrogens with zero attached hydrogens (tertiary/aromatic N) is 1. The van der Waals surface area contributed by atoms with Gasteiger partial charge in [-0.2, -0.15) is 4.31 Å². The van der Waals surface area contributed by atoms with Gasteiger partial charge in [0.1, 0.15) is 0 Å². The molecule has 0 aromatic heterocycles. The van der Waals surface area contributed by atoms with Crippen LogP contribution in [0.3, 0.4) is 0 Å². The van der Waals surface area contributed by atoms with Crippen molar-refractivity contribution < 1.29 is 27.5 Å². The molecule has 2 aliphatic rings. The number of hydrogen-bond acceptors (Lipinski definition) is 6. The molecule has 1 aromatic rings. The van der Waals surface area contributed by atoms with Gasteiger partial charge < -0.3 is 14.8 Å². The fourth-order valence-electron chi connectivity index (χ4n) is 3.43. The van der Waals surface area contributed by atoms with Crippen LogP contribution in [-0.2, 0) is 24.3 Å². The zero-order valence-electron chi connectivity index (χ0n) is 15.8. The van der Waals surface area contributed by atoms with Gasteiger partial charge in [-0.05, 0) is 37.1 Å². The molecule has 1 aliphatic carbocycles. The zero-order valence-corrected chi connectivity index (χ0v) is 16.6. The lowest BCUT2D eigenvalue weighted by Crippen LogP contribution is -2.40. The number of hydrogen-bond donors (Lipinski definition) is 1. The van der Waals surface area contributed by atoms with E-state index in [0.29, 0.717) is 26.3 Å². The largest absolute Gasteiger partial charge is 0.452 e. The first-order valence-corrected chi connectivity index (χ1v) is 11.1. The summed E-state index contributed by atoms with van der Waals surface area (Å²) < 4.78 is 36.7. The Hall–Kier alpha value is -1.97. The molecule has 28 heavy (non-hydrogen) atoms. The summed E-state index contributed by atoms with van der Waals surface area (Å²) in [5.41, 5.74) is 0.200. The van der Waals surface area contributed by atoms with Crippen LogP contribution < -0.4 is 5.32 Å². The lowest BCUT2D eigenvalue weighted by atomic mass is 9.95. The predicted molar refractivity (Wildman–Crippen MR) is 101 cm³/mol. The van der Waals surface area contributed by atoms with E-state index in [9.17, 15) is 18.0 Å². The number of amides is 1. The SMILES string of the molecule is O=C(COC(=O)c1ccc(S(=O)(=O)N2CCOCC2)cc1)NC1CCCCC1. The Kier molecular flexibility index (Phi) is 7.03. The van der Waals surface area contributed by atoms with Gasteiger partial charge >= 0.3 is 5.97 Å².